The quantitative estimate of drug-likeness (QED) is 0.0202. The first-order valence-corrected chi connectivity index (χ1v) is 30.2. The molecule has 7 N–H and O–H groups in total. The molecule has 7 amide bonds. The van der Waals surface area contributed by atoms with Gasteiger partial charge >= 0.3 is 41.8 Å². The molecule has 0 aliphatic rings. The molecule has 4 aromatic carbocycles. The molecular weight excluding hydrogens is 1270 g/mol. The second-order valence-electron chi connectivity index (χ2n) is 20.3. The van der Waals surface area contributed by atoms with Gasteiger partial charge in [-0.1, -0.05) is 115 Å². The summed E-state index contributed by atoms with van der Waals surface area (Å²) < 4.78 is 32.6. The van der Waals surface area contributed by atoms with Gasteiger partial charge in [0, 0.05) is 43.0 Å². The fourth-order valence-electron chi connectivity index (χ4n) is 8.12. The van der Waals surface area contributed by atoms with E-state index in [1.165, 1.54) is 70.5 Å². The summed E-state index contributed by atoms with van der Waals surface area (Å²) in [5.41, 5.74) is 1.76. The summed E-state index contributed by atoms with van der Waals surface area (Å²) in [6.07, 6.45) is 12.7. The van der Waals surface area contributed by atoms with Crippen molar-refractivity contribution < 1.29 is 100 Å². The van der Waals surface area contributed by atoms with E-state index < -0.39 is 102 Å². The van der Waals surface area contributed by atoms with E-state index in [1.807, 2.05) is 6.07 Å². The molecule has 0 aromatic heterocycles. The maximum atomic E-state index is 12.3. The summed E-state index contributed by atoms with van der Waals surface area (Å²) in [6.45, 7) is 7.43. The van der Waals surface area contributed by atoms with Crippen LogP contribution < -0.4 is 37.2 Å². The predicted molar refractivity (Wildman–Crippen MR) is 358 cm³/mol. The van der Waals surface area contributed by atoms with E-state index >= 15 is 0 Å². The highest BCUT2D eigenvalue weighted by Crippen LogP contribution is 2.10. The van der Waals surface area contributed by atoms with Crippen molar-refractivity contribution in [2.45, 2.75) is 108 Å². The molecule has 0 heterocycles. The van der Waals surface area contributed by atoms with Crippen LogP contribution in [0.3, 0.4) is 0 Å². The molecule has 0 aliphatic carbocycles. The molecule has 528 valence electrons. The average molecular weight is 1360 g/mol. The monoisotopic (exact) mass is 1360 g/mol. The fraction of sp³-hybridized carbons (Fsp3) is 0.343. The van der Waals surface area contributed by atoms with Crippen molar-refractivity contribution >= 4 is 83.1 Å². The van der Waals surface area contributed by atoms with Gasteiger partial charge in [0.05, 0.1) is 49.8 Å². The maximum Gasteiger partial charge on any atom is 0.328 e. The van der Waals surface area contributed by atoms with Crippen molar-refractivity contribution in [2.75, 3.05) is 49.8 Å². The van der Waals surface area contributed by atoms with Crippen LogP contribution in [0.1, 0.15) is 107 Å². The zero-order chi connectivity index (χ0) is 73.4. The van der Waals surface area contributed by atoms with Crippen molar-refractivity contribution in [3.8, 4) is 0 Å². The van der Waals surface area contributed by atoms with Crippen LogP contribution in [0, 0.1) is 0 Å². The van der Waals surface area contributed by atoms with Gasteiger partial charge in [-0.05, 0) is 93.5 Å². The third-order valence-corrected chi connectivity index (χ3v) is 13.0. The van der Waals surface area contributed by atoms with Gasteiger partial charge in [-0.15, -0.1) is 6.58 Å². The predicted octanol–water partition coefficient (Wildman–Crippen LogP) is 4.45. The topological polar surface area (TPSA) is 388 Å². The number of amides is 7. The van der Waals surface area contributed by atoms with Crippen molar-refractivity contribution in [1.29, 1.82) is 0 Å². The molecule has 28 nitrogen and oxygen atoms in total. The number of carbonyl (C=O) groups excluding carboxylic acids is 14. The number of carbonyl (C=O) groups is 14. The number of nitrogens with one attached hydrogen (secondary N) is 7. The molecule has 0 saturated carbocycles. The van der Waals surface area contributed by atoms with E-state index in [9.17, 15) is 67.1 Å². The summed E-state index contributed by atoms with van der Waals surface area (Å²) in [5, 5.41) is 17.9. The van der Waals surface area contributed by atoms with Gasteiger partial charge in [0.25, 0.3) is 23.6 Å². The molecule has 7 atom stereocenters. The molecule has 0 radical (unpaired) electrons. The van der Waals surface area contributed by atoms with Crippen LogP contribution >= 0.6 is 0 Å². The van der Waals surface area contributed by atoms with Crippen LogP contribution in [0.4, 0.5) is 0 Å². The second-order valence-corrected chi connectivity index (χ2v) is 20.3. The first-order chi connectivity index (χ1) is 46.8. The summed E-state index contributed by atoms with van der Waals surface area (Å²) in [4.78, 5) is 164. The van der Waals surface area contributed by atoms with E-state index in [-0.39, 0.29) is 62.2 Å². The number of ether oxygens (including phenoxy) is 7. The van der Waals surface area contributed by atoms with Crippen LogP contribution in [-0.4, -0.2) is 175 Å². The summed E-state index contributed by atoms with van der Waals surface area (Å²) >= 11 is 0. The number of hydrogen-bond acceptors (Lipinski definition) is 21. The third-order valence-electron chi connectivity index (χ3n) is 13.0. The van der Waals surface area contributed by atoms with Crippen LogP contribution in [0.5, 0.6) is 0 Å². The van der Waals surface area contributed by atoms with Crippen molar-refractivity contribution in [1.82, 2.24) is 37.2 Å². The molecule has 0 fully saturated rings. The number of rotatable bonds is 32. The maximum absolute atomic E-state index is 12.3. The van der Waals surface area contributed by atoms with Crippen molar-refractivity contribution in [2.24, 2.45) is 0 Å². The normalized spacial score (nSPS) is 12.5. The summed E-state index contributed by atoms with van der Waals surface area (Å²) in [5.74, 6) is -6.53. The van der Waals surface area contributed by atoms with Gasteiger partial charge in [0.15, 0.2) is 0 Å². The van der Waals surface area contributed by atoms with E-state index in [2.05, 4.69) is 62.7 Å². The number of esters is 7. The number of benzene rings is 4. The minimum atomic E-state index is -0.903. The van der Waals surface area contributed by atoms with E-state index in [0.29, 0.717) is 28.7 Å². The molecule has 98 heavy (non-hydrogen) atoms. The Hall–Kier alpha value is -11.6. The molecule has 0 saturated heterocycles. The van der Waals surface area contributed by atoms with Gasteiger partial charge in [-0.3, -0.25) is 33.6 Å². The van der Waals surface area contributed by atoms with Gasteiger partial charge in [0.2, 0.25) is 17.7 Å². The molecule has 28 heteroatoms. The second kappa shape index (κ2) is 49.0. The van der Waals surface area contributed by atoms with Crippen molar-refractivity contribution in [3.63, 3.8) is 0 Å². The zero-order valence-electron chi connectivity index (χ0n) is 56.4. The molecule has 0 aliphatic heterocycles. The minimum absolute atomic E-state index is 0.145. The van der Waals surface area contributed by atoms with Crippen LogP contribution in [0.2, 0.25) is 0 Å². The standard InChI is InChI=1S/C24H26N2O6.C19H24N2O6.C14H22N2O6.C13H15NO3/c1-31-23(29)19(25-21(27)17-11-5-3-6-12-17)15-9-10-16-20(24(30)32-2)26-22(28)18-13-7-4-8-14-18;1-13(22)20-15(18(24)26-2)11-7-8-12-16(19(25)27-3)21-17(23)14-9-5-4-6-10-14;1-9(17)15-11(13(19)21-3)7-5-6-8-12(14(20)22-4)16-10(2)18;1-3-7-11(13(16)17-2)14-12(15)10-8-5-4-6-9-10/h3-14,19-20H,15-16H2,1-2H3,(H,25,27)(H,26,28);4-10,15-16H,11-12H2,1-3H3,(H,20,22)(H,21,23);5-6,11-12H,7-8H2,1-4H3,(H,15,17)(H,16,18);3-6,8-9,11H,1,7H2,2H3,(H,14,15)/t19-,20-;15-,16-;11-,12-;11-/m0000/s1. The highest BCUT2D eigenvalue weighted by Gasteiger charge is 2.26. The smallest absolute Gasteiger partial charge is 0.328 e. The minimum Gasteiger partial charge on any atom is -0.467 e. The fourth-order valence-corrected chi connectivity index (χ4v) is 8.12. The lowest BCUT2D eigenvalue weighted by Gasteiger charge is -2.16. The Bertz CT molecular complexity index is 3210. The van der Waals surface area contributed by atoms with E-state index in [1.54, 1.807) is 158 Å². The SMILES string of the molecule is C=CC[C@H](NC(=O)c1ccccc1)C(=O)OC.COC(=O)[C@H](CC=CC[C@H](NC(=O)c1ccccc1)C(=O)OC)NC(=O)c1ccccc1.COC(=O)[C@H](CC=CC[C@H](NC(=O)c1ccccc1)C(=O)OC)NC(C)=O.COC(=O)[C@H](CC=CC[C@H](NC(C)=O)C(=O)OC)NC(C)=O. The highest BCUT2D eigenvalue weighted by atomic mass is 16.5. The van der Waals surface area contributed by atoms with Gasteiger partial charge in [-0.25, -0.2) is 33.6 Å². The Morgan fingerprint density at radius 3 is 0.571 bits per heavy atom. The van der Waals surface area contributed by atoms with E-state index in [0.717, 1.165) is 0 Å². The molecular formula is C70H87N7O21. The van der Waals surface area contributed by atoms with E-state index in [4.69, 9.17) is 14.2 Å². The molecule has 0 bridgehead atoms. The first kappa shape index (κ1) is 84.4. The lowest BCUT2D eigenvalue weighted by atomic mass is 10.1. The zero-order valence-corrected chi connectivity index (χ0v) is 56.4. The van der Waals surface area contributed by atoms with Crippen molar-refractivity contribution in [3.05, 3.63) is 193 Å². The molecule has 4 rings (SSSR count). The Kier molecular flexibility index (Phi) is 42.2. The largest absolute Gasteiger partial charge is 0.467 e. The van der Waals surface area contributed by atoms with Gasteiger partial charge < -0.3 is 70.4 Å². The lowest BCUT2D eigenvalue weighted by molar-refractivity contribution is -0.145. The number of hydrogen-bond donors (Lipinski definition) is 7. The van der Waals surface area contributed by atoms with Crippen LogP contribution in [0.15, 0.2) is 170 Å². The summed E-state index contributed by atoms with van der Waals surface area (Å²) in [6, 6.07) is 28.4. The molecule has 4 aromatic rings. The van der Waals surface area contributed by atoms with Gasteiger partial charge in [0.1, 0.15) is 42.3 Å². The molecule has 0 spiro atoms. The first-order valence-electron chi connectivity index (χ1n) is 30.2. The summed E-state index contributed by atoms with van der Waals surface area (Å²) in [7, 11) is 8.67. The average Bonchev–Trinajstić information content (AvgIpc) is 1.07. The third kappa shape index (κ3) is 34.5. The Morgan fingerprint density at radius 1 is 0.276 bits per heavy atom. The lowest BCUT2D eigenvalue weighted by Crippen LogP contribution is -2.41. The molecule has 0 unspecified atom stereocenters. The number of methoxy groups -OCH3 is 7. The van der Waals surface area contributed by atoms with Gasteiger partial charge in [-0.2, -0.15) is 0 Å². The highest BCUT2D eigenvalue weighted by molar-refractivity contribution is 5.99. The van der Waals surface area contributed by atoms with Crippen LogP contribution in [0.25, 0.3) is 0 Å². The Balaban J connectivity index is 0.000000670. The van der Waals surface area contributed by atoms with Crippen LogP contribution in [-0.2, 0) is 81.1 Å². The Labute approximate surface area is 569 Å². The Morgan fingerprint density at radius 2 is 0.429 bits per heavy atom.